The van der Waals surface area contributed by atoms with Crippen LogP contribution in [0.2, 0.25) is 0 Å². The molecule has 2 aromatic rings. The third-order valence-electron chi connectivity index (χ3n) is 4.84. The lowest BCUT2D eigenvalue weighted by Crippen LogP contribution is -2.15. The summed E-state index contributed by atoms with van der Waals surface area (Å²) in [4.78, 5) is 4.72. The SMILES string of the molecule is COc1cc(C=NC2CCC(C)CC2)c(O)c(-c2ccccc2)c1. The first kappa shape index (κ1) is 16.6. The van der Waals surface area contributed by atoms with Crippen molar-refractivity contribution >= 4 is 6.21 Å². The largest absolute Gasteiger partial charge is 0.507 e. The first-order valence-corrected chi connectivity index (χ1v) is 8.67. The summed E-state index contributed by atoms with van der Waals surface area (Å²) in [5, 5.41) is 10.7. The van der Waals surface area contributed by atoms with E-state index >= 15 is 0 Å². The first-order valence-electron chi connectivity index (χ1n) is 8.67. The van der Waals surface area contributed by atoms with E-state index in [2.05, 4.69) is 6.92 Å². The molecule has 3 rings (SSSR count). The van der Waals surface area contributed by atoms with E-state index in [-0.39, 0.29) is 5.75 Å². The Balaban J connectivity index is 1.90. The minimum atomic E-state index is 0.259. The molecule has 1 fully saturated rings. The van der Waals surface area contributed by atoms with Crippen LogP contribution in [0.5, 0.6) is 11.5 Å². The van der Waals surface area contributed by atoms with E-state index < -0.39 is 0 Å². The van der Waals surface area contributed by atoms with Gasteiger partial charge in [-0.25, -0.2) is 0 Å². The fraction of sp³-hybridized carbons (Fsp3) is 0.381. The normalized spacial score (nSPS) is 21.1. The Morgan fingerprint density at radius 2 is 1.79 bits per heavy atom. The maximum absolute atomic E-state index is 10.7. The molecule has 0 saturated heterocycles. The second-order valence-corrected chi connectivity index (χ2v) is 6.67. The Bertz CT molecular complexity index is 701. The van der Waals surface area contributed by atoms with Crippen LogP contribution in [0.4, 0.5) is 0 Å². The van der Waals surface area contributed by atoms with Crippen molar-refractivity contribution in [3.8, 4) is 22.6 Å². The molecule has 3 heteroatoms. The van der Waals surface area contributed by atoms with Gasteiger partial charge in [-0.15, -0.1) is 0 Å². The van der Waals surface area contributed by atoms with Crippen molar-refractivity contribution in [1.29, 1.82) is 0 Å². The monoisotopic (exact) mass is 323 g/mol. The number of hydrogen-bond donors (Lipinski definition) is 1. The molecule has 0 amide bonds. The summed E-state index contributed by atoms with van der Waals surface area (Å²) in [7, 11) is 1.64. The number of benzene rings is 2. The van der Waals surface area contributed by atoms with Gasteiger partial charge in [0.15, 0.2) is 0 Å². The van der Waals surface area contributed by atoms with Crippen molar-refractivity contribution in [3.05, 3.63) is 48.0 Å². The quantitative estimate of drug-likeness (QED) is 0.799. The average molecular weight is 323 g/mol. The van der Waals surface area contributed by atoms with Crippen molar-refractivity contribution in [2.24, 2.45) is 10.9 Å². The molecule has 2 aromatic carbocycles. The lowest BCUT2D eigenvalue weighted by atomic mass is 9.88. The smallest absolute Gasteiger partial charge is 0.132 e. The van der Waals surface area contributed by atoms with Crippen molar-refractivity contribution < 1.29 is 9.84 Å². The number of phenols is 1. The van der Waals surface area contributed by atoms with Gasteiger partial charge >= 0.3 is 0 Å². The number of phenolic OH excluding ortho intramolecular Hbond substituents is 1. The van der Waals surface area contributed by atoms with E-state index in [1.165, 1.54) is 12.8 Å². The van der Waals surface area contributed by atoms with E-state index in [4.69, 9.17) is 9.73 Å². The van der Waals surface area contributed by atoms with Crippen LogP contribution in [0.3, 0.4) is 0 Å². The molecule has 0 aromatic heterocycles. The van der Waals surface area contributed by atoms with Gasteiger partial charge in [0.1, 0.15) is 11.5 Å². The predicted octanol–water partition coefficient (Wildman–Crippen LogP) is 5.07. The highest BCUT2D eigenvalue weighted by Crippen LogP contribution is 2.35. The minimum Gasteiger partial charge on any atom is -0.507 e. The van der Waals surface area contributed by atoms with E-state index in [0.29, 0.717) is 11.6 Å². The summed E-state index contributed by atoms with van der Waals surface area (Å²) in [6.45, 7) is 2.31. The van der Waals surface area contributed by atoms with Gasteiger partial charge in [0.25, 0.3) is 0 Å². The molecule has 0 aliphatic heterocycles. The topological polar surface area (TPSA) is 41.8 Å². The van der Waals surface area contributed by atoms with Gasteiger partial charge in [-0.3, -0.25) is 4.99 Å². The van der Waals surface area contributed by atoms with Crippen molar-refractivity contribution in [3.63, 3.8) is 0 Å². The summed E-state index contributed by atoms with van der Waals surface area (Å²) >= 11 is 0. The minimum absolute atomic E-state index is 0.259. The summed E-state index contributed by atoms with van der Waals surface area (Å²) in [6.07, 6.45) is 6.55. The van der Waals surface area contributed by atoms with E-state index in [1.807, 2.05) is 48.7 Å². The Morgan fingerprint density at radius 3 is 2.46 bits per heavy atom. The van der Waals surface area contributed by atoms with E-state index in [1.54, 1.807) is 7.11 Å². The third-order valence-corrected chi connectivity index (χ3v) is 4.84. The molecule has 0 heterocycles. The van der Waals surface area contributed by atoms with Crippen LogP contribution in [0.25, 0.3) is 11.1 Å². The number of nitrogens with zero attached hydrogens (tertiary/aromatic N) is 1. The van der Waals surface area contributed by atoms with Crippen molar-refractivity contribution in [2.45, 2.75) is 38.6 Å². The molecule has 24 heavy (non-hydrogen) atoms. The average Bonchev–Trinajstić information content (AvgIpc) is 2.63. The van der Waals surface area contributed by atoms with Crippen LogP contribution in [0.15, 0.2) is 47.5 Å². The Labute approximate surface area is 144 Å². The second-order valence-electron chi connectivity index (χ2n) is 6.67. The van der Waals surface area contributed by atoms with Crippen LogP contribution in [0.1, 0.15) is 38.2 Å². The molecule has 1 N–H and O–H groups in total. The molecule has 3 nitrogen and oxygen atoms in total. The Morgan fingerprint density at radius 1 is 1.08 bits per heavy atom. The highest BCUT2D eigenvalue weighted by atomic mass is 16.5. The molecule has 0 atom stereocenters. The molecule has 126 valence electrons. The summed E-state index contributed by atoms with van der Waals surface area (Å²) < 4.78 is 5.41. The highest BCUT2D eigenvalue weighted by molar-refractivity contribution is 5.89. The van der Waals surface area contributed by atoms with Gasteiger partial charge in [0.2, 0.25) is 0 Å². The Hall–Kier alpha value is -2.29. The molecule has 0 radical (unpaired) electrons. The van der Waals surface area contributed by atoms with E-state index in [9.17, 15) is 5.11 Å². The van der Waals surface area contributed by atoms with E-state index in [0.717, 1.165) is 35.6 Å². The molecular formula is C21H25NO2. The van der Waals surface area contributed by atoms with Gasteiger partial charge in [0, 0.05) is 23.4 Å². The van der Waals surface area contributed by atoms with Gasteiger partial charge in [-0.05, 0) is 49.3 Å². The lowest BCUT2D eigenvalue weighted by Gasteiger charge is -2.23. The summed E-state index contributed by atoms with van der Waals surface area (Å²) in [5.74, 6) is 1.80. The number of rotatable bonds is 4. The zero-order valence-corrected chi connectivity index (χ0v) is 14.4. The van der Waals surface area contributed by atoms with Crippen LogP contribution in [0, 0.1) is 5.92 Å². The number of methoxy groups -OCH3 is 1. The van der Waals surface area contributed by atoms with Crippen LogP contribution in [-0.4, -0.2) is 24.5 Å². The lowest BCUT2D eigenvalue weighted by molar-refractivity contribution is 0.350. The van der Waals surface area contributed by atoms with Gasteiger partial charge in [-0.1, -0.05) is 37.3 Å². The van der Waals surface area contributed by atoms with Crippen LogP contribution in [-0.2, 0) is 0 Å². The van der Waals surface area contributed by atoms with Crippen molar-refractivity contribution in [2.75, 3.05) is 7.11 Å². The predicted molar refractivity (Wildman–Crippen MR) is 99.1 cm³/mol. The fourth-order valence-electron chi connectivity index (χ4n) is 3.26. The molecule has 0 unspecified atom stereocenters. The van der Waals surface area contributed by atoms with Gasteiger partial charge in [0.05, 0.1) is 7.11 Å². The maximum atomic E-state index is 10.7. The number of aliphatic imine (C=N–C) groups is 1. The summed E-state index contributed by atoms with van der Waals surface area (Å²) in [5.41, 5.74) is 2.45. The summed E-state index contributed by atoms with van der Waals surface area (Å²) in [6, 6.07) is 13.9. The third kappa shape index (κ3) is 3.78. The maximum Gasteiger partial charge on any atom is 0.132 e. The van der Waals surface area contributed by atoms with Crippen LogP contribution < -0.4 is 4.74 Å². The Kier molecular flexibility index (Phi) is 5.19. The number of hydrogen-bond acceptors (Lipinski definition) is 3. The van der Waals surface area contributed by atoms with Gasteiger partial charge < -0.3 is 9.84 Å². The zero-order valence-electron chi connectivity index (χ0n) is 14.4. The highest BCUT2D eigenvalue weighted by Gasteiger charge is 2.17. The first-order chi connectivity index (χ1) is 11.7. The molecule has 1 saturated carbocycles. The molecule has 1 aliphatic carbocycles. The van der Waals surface area contributed by atoms with Gasteiger partial charge in [-0.2, -0.15) is 0 Å². The zero-order chi connectivity index (χ0) is 16.9. The standard InChI is InChI=1S/C21H25NO2/c1-15-8-10-18(11-9-15)22-14-17-12-19(24-2)13-20(21(17)23)16-6-4-3-5-7-16/h3-7,12-15,18,23H,8-11H2,1-2H3. The number of aromatic hydroxyl groups is 1. The fourth-order valence-corrected chi connectivity index (χ4v) is 3.26. The van der Waals surface area contributed by atoms with Crippen molar-refractivity contribution in [1.82, 2.24) is 0 Å². The second kappa shape index (κ2) is 7.52. The molecule has 0 bridgehead atoms. The molecule has 1 aliphatic rings. The molecular weight excluding hydrogens is 298 g/mol. The number of ether oxygens (including phenoxy) is 1. The molecule has 0 spiro atoms. The van der Waals surface area contributed by atoms with Crippen LogP contribution >= 0.6 is 0 Å².